The van der Waals surface area contributed by atoms with Gasteiger partial charge in [0.25, 0.3) is 0 Å². The molecule has 1 aromatic heterocycles. The van der Waals surface area contributed by atoms with Crippen molar-refractivity contribution in [2.75, 3.05) is 6.54 Å². The minimum atomic E-state index is 0.322. The molecular formula is C15H19BrN2S. The summed E-state index contributed by atoms with van der Waals surface area (Å²) >= 11 is 5.30. The second kappa shape index (κ2) is 6.64. The van der Waals surface area contributed by atoms with Crippen LogP contribution in [0.15, 0.2) is 28.1 Å². The molecule has 0 aliphatic rings. The van der Waals surface area contributed by atoms with Gasteiger partial charge in [0.05, 0.1) is 10.7 Å². The van der Waals surface area contributed by atoms with E-state index in [4.69, 9.17) is 0 Å². The van der Waals surface area contributed by atoms with E-state index < -0.39 is 0 Å². The molecule has 1 aromatic carbocycles. The molecular weight excluding hydrogens is 320 g/mol. The van der Waals surface area contributed by atoms with Crippen molar-refractivity contribution in [1.82, 2.24) is 10.3 Å². The number of halogens is 1. The number of likely N-dealkylation sites (N-methyl/N-ethyl adjacent to an activating group) is 1. The van der Waals surface area contributed by atoms with Crippen LogP contribution in [0.1, 0.15) is 34.8 Å². The quantitative estimate of drug-likeness (QED) is 0.872. The van der Waals surface area contributed by atoms with Crippen LogP contribution < -0.4 is 5.32 Å². The third kappa shape index (κ3) is 4.13. The van der Waals surface area contributed by atoms with Gasteiger partial charge in [0.15, 0.2) is 0 Å². The number of rotatable bonds is 5. The Hall–Kier alpha value is -0.710. The molecule has 0 spiro atoms. The van der Waals surface area contributed by atoms with Crippen molar-refractivity contribution in [3.05, 3.63) is 49.9 Å². The molecule has 102 valence electrons. The fourth-order valence-electron chi connectivity index (χ4n) is 2.23. The van der Waals surface area contributed by atoms with Gasteiger partial charge in [-0.05, 0) is 43.7 Å². The van der Waals surface area contributed by atoms with E-state index in [2.05, 4.69) is 70.6 Å². The van der Waals surface area contributed by atoms with Gasteiger partial charge >= 0.3 is 0 Å². The Balaban J connectivity index is 2.23. The topological polar surface area (TPSA) is 24.9 Å². The van der Waals surface area contributed by atoms with Gasteiger partial charge in [-0.25, -0.2) is 4.98 Å². The van der Waals surface area contributed by atoms with Crippen molar-refractivity contribution in [3.8, 4) is 0 Å². The lowest BCUT2D eigenvalue weighted by molar-refractivity contribution is 0.544. The third-order valence-electron chi connectivity index (χ3n) is 3.00. The first-order valence-electron chi connectivity index (χ1n) is 6.50. The first-order chi connectivity index (χ1) is 9.08. The zero-order valence-corrected chi connectivity index (χ0v) is 13.9. The summed E-state index contributed by atoms with van der Waals surface area (Å²) in [5, 5.41) is 6.85. The van der Waals surface area contributed by atoms with Crippen LogP contribution in [0.3, 0.4) is 0 Å². The SMILES string of the molecule is CCNC(Cc1csc(C)n1)c1cc(C)cc(Br)c1. The summed E-state index contributed by atoms with van der Waals surface area (Å²) in [4.78, 5) is 4.57. The van der Waals surface area contributed by atoms with Crippen molar-refractivity contribution >= 4 is 27.3 Å². The number of aryl methyl sites for hydroxylation is 2. The zero-order chi connectivity index (χ0) is 13.8. The lowest BCUT2D eigenvalue weighted by Crippen LogP contribution is -2.23. The zero-order valence-electron chi connectivity index (χ0n) is 11.5. The summed E-state index contributed by atoms with van der Waals surface area (Å²) in [5.74, 6) is 0. The van der Waals surface area contributed by atoms with Crippen LogP contribution in [0.25, 0.3) is 0 Å². The maximum absolute atomic E-state index is 4.57. The summed E-state index contributed by atoms with van der Waals surface area (Å²) in [7, 11) is 0. The molecule has 0 saturated carbocycles. The molecule has 1 unspecified atom stereocenters. The van der Waals surface area contributed by atoms with Crippen LogP contribution in [-0.4, -0.2) is 11.5 Å². The van der Waals surface area contributed by atoms with Gasteiger partial charge in [0.2, 0.25) is 0 Å². The number of thiazole rings is 1. The van der Waals surface area contributed by atoms with E-state index >= 15 is 0 Å². The summed E-state index contributed by atoms with van der Waals surface area (Å²) in [5.41, 5.74) is 3.77. The summed E-state index contributed by atoms with van der Waals surface area (Å²) in [6, 6.07) is 6.90. The molecule has 0 aliphatic heterocycles. The van der Waals surface area contributed by atoms with Crippen molar-refractivity contribution < 1.29 is 0 Å². The molecule has 1 atom stereocenters. The molecule has 1 N–H and O–H groups in total. The number of aromatic nitrogens is 1. The van der Waals surface area contributed by atoms with E-state index in [1.807, 2.05) is 0 Å². The monoisotopic (exact) mass is 338 g/mol. The van der Waals surface area contributed by atoms with Gasteiger partial charge < -0.3 is 5.32 Å². The predicted molar refractivity (Wildman–Crippen MR) is 85.9 cm³/mol. The molecule has 0 amide bonds. The molecule has 0 fully saturated rings. The van der Waals surface area contributed by atoms with Gasteiger partial charge in [-0.2, -0.15) is 0 Å². The van der Waals surface area contributed by atoms with E-state index in [-0.39, 0.29) is 0 Å². The number of benzene rings is 1. The average Bonchev–Trinajstić information content (AvgIpc) is 2.73. The van der Waals surface area contributed by atoms with Crippen molar-refractivity contribution in [2.45, 2.75) is 33.2 Å². The number of nitrogens with zero attached hydrogens (tertiary/aromatic N) is 1. The van der Waals surface area contributed by atoms with Crippen molar-refractivity contribution in [3.63, 3.8) is 0 Å². The van der Waals surface area contributed by atoms with Gasteiger partial charge in [-0.1, -0.05) is 28.9 Å². The highest BCUT2D eigenvalue weighted by atomic mass is 79.9. The maximum atomic E-state index is 4.57. The lowest BCUT2D eigenvalue weighted by Gasteiger charge is -2.18. The van der Waals surface area contributed by atoms with Gasteiger partial charge in [0.1, 0.15) is 0 Å². The van der Waals surface area contributed by atoms with E-state index in [0.717, 1.165) is 22.4 Å². The third-order valence-corrected chi connectivity index (χ3v) is 4.28. The minimum absolute atomic E-state index is 0.322. The van der Waals surface area contributed by atoms with Crippen LogP contribution in [0.4, 0.5) is 0 Å². The molecule has 4 heteroatoms. The van der Waals surface area contributed by atoms with E-state index in [0.29, 0.717) is 6.04 Å². The Labute approximate surface area is 127 Å². The molecule has 0 radical (unpaired) electrons. The maximum Gasteiger partial charge on any atom is 0.0897 e. The highest BCUT2D eigenvalue weighted by Crippen LogP contribution is 2.24. The van der Waals surface area contributed by atoms with Gasteiger partial charge in [-0.3, -0.25) is 0 Å². The Kier molecular flexibility index (Phi) is 5.13. The van der Waals surface area contributed by atoms with Crippen LogP contribution >= 0.6 is 27.3 Å². The van der Waals surface area contributed by atoms with Gasteiger partial charge in [-0.15, -0.1) is 11.3 Å². The fourth-order valence-corrected chi connectivity index (χ4v) is 3.48. The number of hydrogen-bond donors (Lipinski definition) is 1. The van der Waals surface area contributed by atoms with Crippen LogP contribution in [0.5, 0.6) is 0 Å². The molecule has 19 heavy (non-hydrogen) atoms. The summed E-state index contributed by atoms with van der Waals surface area (Å²) < 4.78 is 1.14. The first kappa shape index (κ1) is 14.7. The van der Waals surface area contributed by atoms with E-state index in [1.165, 1.54) is 16.8 Å². The highest BCUT2D eigenvalue weighted by molar-refractivity contribution is 9.10. The Bertz CT molecular complexity index is 531. The standard InChI is InChI=1S/C15H19BrN2S/c1-4-17-15(8-14-9-19-11(3)18-14)12-5-10(2)6-13(16)7-12/h5-7,9,15,17H,4,8H2,1-3H3. The Morgan fingerprint density at radius 1 is 1.32 bits per heavy atom. The number of hydrogen-bond acceptors (Lipinski definition) is 3. The van der Waals surface area contributed by atoms with Crippen molar-refractivity contribution in [1.29, 1.82) is 0 Å². The summed E-state index contributed by atoms with van der Waals surface area (Å²) in [6.07, 6.45) is 0.939. The van der Waals surface area contributed by atoms with Crippen LogP contribution in [-0.2, 0) is 6.42 Å². The predicted octanol–water partition coefficient (Wildman–Crippen LogP) is 4.42. The average molecular weight is 339 g/mol. The van der Waals surface area contributed by atoms with E-state index in [9.17, 15) is 0 Å². The minimum Gasteiger partial charge on any atom is -0.310 e. The fraction of sp³-hybridized carbons (Fsp3) is 0.400. The molecule has 2 aromatic rings. The second-order valence-electron chi connectivity index (χ2n) is 4.73. The summed E-state index contributed by atoms with van der Waals surface area (Å²) in [6.45, 7) is 7.29. The normalized spacial score (nSPS) is 12.6. The molecule has 2 nitrogen and oxygen atoms in total. The van der Waals surface area contributed by atoms with Crippen LogP contribution in [0.2, 0.25) is 0 Å². The second-order valence-corrected chi connectivity index (χ2v) is 6.71. The molecule has 2 rings (SSSR count). The number of nitrogens with one attached hydrogen (secondary N) is 1. The highest BCUT2D eigenvalue weighted by Gasteiger charge is 2.13. The van der Waals surface area contributed by atoms with E-state index in [1.54, 1.807) is 11.3 Å². The molecule has 0 aliphatic carbocycles. The smallest absolute Gasteiger partial charge is 0.0897 e. The molecule has 0 bridgehead atoms. The molecule has 0 saturated heterocycles. The first-order valence-corrected chi connectivity index (χ1v) is 8.17. The lowest BCUT2D eigenvalue weighted by atomic mass is 10.0. The van der Waals surface area contributed by atoms with Gasteiger partial charge in [0, 0.05) is 22.3 Å². The Morgan fingerprint density at radius 3 is 2.68 bits per heavy atom. The molecule has 1 heterocycles. The van der Waals surface area contributed by atoms with Crippen molar-refractivity contribution in [2.24, 2.45) is 0 Å². The largest absolute Gasteiger partial charge is 0.310 e. The Morgan fingerprint density at radius 2 is 2.11 bits per heavy atom. The van der Waals surface area contributed by atoms with Crippen LogP contribution in [0, 0.1) is 13.8 Å².